The fraction of sp³-hybridized carbons (Fsp3) is 0.636. The summed E-state index contributed by atoms with van der Waals surface area (Å²) in [4.78, 5) is 22.1. The molecule has 3 N–H and O–H groups in total. The number of carboxylic acid groups (broad SMARTS) is 1. The van der Waals surface area contributed by atoms with Gasteiger partial charge in [-0.1, -0.05) is 25.0 Å². The van der Waals surface area contributed by atoms with Gasteiger partial charge >= 0.3 is 12.0 Å². The van der Waals surface area contributed by atoms with Gasteiger partial charge in [-0.25, -0.2) is 9.59 Å². The highest BCUT2D eigenvalue weighted by molar-refractivity contribution is 5.82. The lowest BCUT2D eigenvalue weighted by molar-refractivity contribution is -0.139. The maximum atomic E-state index is 11.3. The molecule has 0 aromatic heterocycles. The Balaban J connectivity index is 4.00. The summed E-state index contributed by atoms with van der Waals surface area (Å²) in [5.74, 6) is -1.00. The molecule has 2 amide bonds. The number of hydrogen-bond acceptors (Lipinski definition) is 2. The number of carbonyl (C=O) groups is 2. The fourth-order valence-corrected chi connectivity index (χ4v) is 1.10. The number of nitrogens with one attached hydrogen (secondary N) is 2. The Morgan fingerprint density at radius 1 is 1.38 bits per heavy atom. The molecule has 0 saturated carbocycles. The predicted molar refractivity (Wildman–Crippen MR) is 62.3 cm³/mol. The average molecular weight is 228 g/mol. The Kier molecular flexibility index (Phi) is 7.00. The lowest BCUT2D eigenvalue weighted by Gasteiger charge is -2.13. The number of hydrogen-bond donors (Lipinski definition) is 3. The van der Waals surface area contributed by atoms with Crippen LogP contribution in [0, 0.1) is 0 Å². The molecule has 0 aromatic carbocycles. The average Bonchev–Trinajstić information content (AvgIpc) is 2.16. The van der Waals surface area contributed by atoms with Crippen LogP contribution in [0.2, 0.25) is 0 Å². The zero-order valence-electron chi connectivity index (χ0n) is 10.0. The molecule has 1 atom stereocenters. The van der Waals surface area contributed by atoms with Gasteiger partial charge in [0.2, 0.25) is 0 Å². The highest BCUT2D eigenvalue weighted by Crippen LogP contribution is 1.96. The van der Waals surface area contributed by atoms with Crippen molar-refractivity contribution < 1.29 is 14.7 Å². The standard InChI is InChI=1S/C11H20N2O3/c1-4-5-9(10(14)15)13-11(16)12-7-6-8(2)3/h6,9H,4-5,7H2,1-3H3,(H,14,15)(H2,12,13,16)/t9-/m0/s1. The largest absolute Gasteiger partial charge is 0.480 e. The van der Waals surface area contributed by atoms with Gasteiger partial charge < -0.3 is 15.7 Å². The van der Waals surface area contributed by atoms with Gasteiger partial charge in [0.05, 0.1) is 0 Å². The second-order valence-electron chi connectivity index (χ2n) is 3.82. The Bertz CT molecular complexity index is 270. The minimum Gasteiger partial charge on any atom is -0.480 e. The summed E-state index contributed by atoms with van der Waals surface area (Å²) in [5.41, 5.74) is 1.10. The van der Waals surface area contributed by atoms with Gasteiger partial charge in [-0.05, 0) is 20.3 Å². The molecule has 0 aliphatic carbocycles. The number of amides is 2. The lowest BCUT2D eigenvalue weighted by atomic mass is 10.2. The molecule has 0 unspecified atom stereocenters. The Morgan fingerprint density at radius 2 is 2.00 bits per heavy atom. The third kappa shape index (κ3) is 6.86. The van der Waals surface area contributed by atoms with Crippen LogP contribution >= 0.6 is 0 Å². The molecule has 0 radical (unpaired) electrons. The Morgan fingerprint density at radius 3 is 2.44 bits per heavy atom. The van der Waals surface area contributed by atoms with Gasteiger partial charge in [-0.3, -0.25) is 0 Å². The number of rotatable bonds is 6. The number of aliphatic carboxylic acids is 1. The van der Waals surface area contributed by atoms with E-state index < -0.39 is 18.0 Å². The molecule has 0 heterocycles. The minimum atomic E-state index is -1.00. The summed E-state index contributed by atoms with van der Waals surface area (Å²) in [6.45, 7) is 6.14. The van der Waals surface area contributed by atoms with Crippen molar-refractivity contribution in [1.29, 1.82) is 0 Å². The molecule has 0 bridgehead atoms. The third-order valence-corrected chi connectivity index (χ3v) is 1.95. The topological polar surface area (TPSA) is 78.4 Å². The van der Waals surface area contributed by atoms with Crippen LogP contribution in [0.15, 0.2) is 11.6 Å². The molecule has 0 aromatic rings. The van der Waals surface area contributed by atoms with Crippen molar-refractivity contribution in [2.75, 3.05) is 6.54 Å². The van der Waals surface area contributed by atoms with Crippen molar-refractivity contribution >= 4 is 12.0 Å². The van der Waals surface area contributed by atoms with Crippen LogP contribution in [0.3, 0.4) is 0 Å². The van der Waals surface area contributed by atoms with E-state index in [0.29, 0.717) is 19.4 Å². The van der Waals surface area contributed by atoms with E-state index in [9.17, 15) is 9.59 Å². The SMILES string of the molecule is CCC[C@H](NC(=O)NCC=C(C)C)C(=O)O. The smallest absolute Gasteiger partial charge is 0.326 e. The zero-order valence-corrected chi connectivity index (χ0v) is 10.0. The molecule has 0 rings (SSSR count). The summed E-state index contributed by atoms with van der Waals surface area (Å²) in [6, 6.07) is -1.25. The summed E-state index contributed by atoms with van der Waals surface area (Å²) in [6.07, 6.45) is 3.01. The lowest BCUT2D eigenvalue weighted by Crippen LogP contribution is -2.45. The molecule has 0 aliphatic rings. The second kappa shape index (κ2) is 7.73. The van der Waals surface area contributed by atoms with Gasteiger partial charge in [0, 0.05) is 6.54 Å². The van der Waals surface area contributed by atoms with Gasteiger partial charge in [0.1, 0.15) is 6.04 Å². The van der Waals surface area contributed by atoms with Crippen LogP contribution < -0.4 is 10.6 Å². The first-order valence-electron chi connectivity index (χ1n) is 5.38. The second-order valence-corrected chi connectivity index (χ2v) is 3.82. The molecule has 5 heteroatoms. The van der Waals surface area contributed by atoms with E-state index in [-0.39, 0.29) is 0 Å². The van der Waals surface area contributed by atoms with Crippen LogP contribution in [-0.2, 0) is 4.79 Å². The van der Waals surface area contributed by atoms with Gasteiger partial charge in [-0.2, -0.15) is 0 Å². The first-order valence-corrected chi connectivity index (χ1v) is 5.38. The molecule has 5 nitrogen and oxygen atoms in total. The quantitative estimate of drug-likeness (QED) is 0.603. The number of carboxylic acids is 1. The van der Waals surface area contributed by atoms with E-state index in [0.717, 1.165) is 5.57 Å². The Hall–Kier alpha value is -1.52. The predicted octanol–water partition coefficient (Wildman–Crippen LogP) is 1.51. The fourth-order valence-electron chi connectivity index (χ4n) is 1.10. The van der Waals surface area contributed by atoms with Crippen molar-refractivity contribution in [1.82, 2.24) is 10.6 Å². The molecule has 92 valence electrons. The highest BCUT2D eigenvalue weighted by atomic mass is 16.4. The first kappa shape index (κ1) is 14.5. The number of urea groups is 1. The van der Waals surface area contributed by atoms with Crippen LogP contribution in [0.5, 0.6) is 0 Å². The monoisotopic (exact) mass is 228 g/mol. The van der Waals surface area contributed by atoms with Crippen LogP contribution in [0.1, 0.15) is 33.6 Å². The van der Waals surface area contributed by atoms with Gasteiger partial charge in [0.25, 0.3) is 0 Å². The normalized spacial score (nSPS) is 11.4. The first-order chi connectivity index (χ1) is 7.47. The van der Waals surface area contributed by atoms with Crippen molar-refractivity contribution in [2.24, 2.45) is 0 Å². The van der Waals surface area contributed by atoms with Crippen molar-refractivity contribution in [3.05, 3.63) is 11.6 Å². The maximum absolute atomic E-state index is 11.3. The summed E-state index contributed by atoms with van der Waals surface area (Å²) < 4.78 is 0. The van der Waals surface area contributed by atoms with Crippen LogP contribution in [-0.4, -0.2) is 29.7 Å². The third-order valence-electron chi connectivity index (χ3n) is 1.95. The van der Waals surface area contributed by atoms with Crippen molar-refractivity contribution in [3.8, 4) is 0 Å². The molecule has 16 heavy (non-hydrogen) atoms. The van der Waals surface area contributed by atoms with Gasteiger partial charge in [0.15, 0.2) is 0 Å². The maximum Gasteiger partial charge on any atom is 0.326 e. The van der Waals surface area contributed by atoms with E-state index >= 15 is 0 Å². The van der Waals surface area contributed by atoms with Crippen molar-refractivity contribution in [2.45, 2.75) is 39.7 Å². The van der Waals surface area contributed by atoms with Gasteiger partial charge in [-0.15, -0.1) is 0 Å². The zero-order chi connectivity index (χ0) is 12.6. The Labute approximate surface area is 95.9 Å². The molecular formula is C11H20N2O3. The summed E-state index contributed by atoms with van der Waals surface area (Å²) in [7, 11) is 0. The van der Waals surface area contributed by atoms with Crippen LogP contribution in [0.4, 0.5) is 4.79 Å². The van der Waals surface area contributed by atoms with E-state index in [2.05, 4.69) is 10.6 Å². The van der Waals surface area contributed by atoms with Crippen LogP contribution in [0.25, 0.3) is 0 Å². The summed E-state index contributed by atoms with van der Waals surface area (Å²) >= 11 is 0. The van der Waals surface area contributed by atoms with Crippen molar-refractivity contribution in [3.63, 3.8) is 0 Å². The summed E-state index contributed by atoms with van der Waals surface area (Å²) in [5, 5.41) is 13.8. The molecule has 0 spiro atoms. The molecule has 0 saturated heterocycles. The molecular weight excluding hydrogens is 208 g/mol. The minimum absolute atomic E-state index is 0.409. The highest BCUT2D eigenvalue weighted by Gasteiger charge is 2.17. The number of allylic oxidation sites excluding steroid dienone is 1. The van der Waals surface area contributed by atoms with E-state index in [4.69, 9.17) is 5.11 Å². The van der Waals surface area contributed by atoms with E-state index in [1.165, 1.54) is 0 Å². The van der Waals surface area contributed by atoms with E-state index in [1.807, 2.05) is 26.8 Å². The van der Waals surface area contributed by atoms with E-state index in [1.54, 1.807) is 0 Å². The molecule has 0 aliphatic heterocycles. The molecule has 0 fully saturated rings. The number of carbonyl (C=O) groups excluding carboxylic acids is 1.